The topological polar surface area (TPSA) is 9.86 Å². The van der Waals surface area contributed by atoms with Crippen LogP contribution >= 0.6 is 0 Å². The molecule has 0 atom stereocenters. The first-order chi connectivity index (χ1) is 25.7. The van der Waals surface area contributed by atoms with Crippen molar-refractivity contribution in [2.75, 3.05) is 0 Å². The van der Waals surface area contributed by atoms with Gasteiger partial charge in [-0.2, -0.15) is 0 Å². The van der Waals surface area contributed by atoms with Crippen molar-refractivity contribution in [2.24, 2.45) is 0 Å². The van der Waals surface area contributed by atoms with E-state index >= 15 is 0 Å². The minimum Gasteiger partial charge on any atom is -0.310 e. The maximum Gasteiger partial charge on any atom is 0.246 e. The first-order valence-corrected chi connectivity index (χ1v) is 18.1. The van der Waals surface area contributed by atoms with Gasteiger partial charge in [-0.25, -0.2) is 0 Å². The van der Waals surface area contributed by atoms with Gasteiger partial charge in [0, 0.05) is 27.2 Å². The molecule has 3 heteroatoms. The van der Waals surface area contributed by atoms with Crippen molar-refractivity contribution in [3.05, 3.63) is 188 Å². The highest BCUT2D eigenvalue weighted by Gasteiger charge is 2.34. The Labute approximate surface area is 302 Å². The van der Waals surface area contributed by atoms with Crippen molar-refractivity contribution in [3.63, 3.8) is 0 Å². The Morgan fingerprint density at radius 2 is 1.04 bits per heavy atom. The summed E-state index contributed by atoms with van der Waals surface area (Å²) >= 11 is 0. The van der Waals surface area contributed by atoms with E-state index in [0.29, 0.717) is 0 Å². The van der Waals surface area contributed by atoms with Crippen LogP contribution in [0.2, 0.25) is 0 Å². The Bertz CT molecular complexity index is 3010. The number of rotatable bonds is 4. The molecule has 3 heterocycles. The average Bonchev–Trinajstić information content (AvgIpc) is 3.73. The molecule has 2 nitrogen and oxygen atoms in total. The zero-order chi connectivity index (χ0) is 34.3. The predicted octanol–water partition coefficient (Wildman–Crippen LogP) is 10.4. The lowest BCUT2D eigenvalue weighted by Crippen LogP contribution is -2.55. The molecule has 0 unspecified atom stereocenters. The van der Waals surface area contributed by atoms with Crippen molar-refractivity contribution in [3.8, 4) is 33.6 Å². The average molecular weight is 661 g/mol. The molecule has 10 aromatic rings. The molecule has 0 radical (unpaired) electrons. The highest BCUT2D eigenvalue weighted by atomic mass is 15.0. The van der Waals surface area contributed by atoms with Gasteiger partial charge in [0.25, 0.3) is 0 Å². The van der Waals surface area contributed by atoms with E-state index in [-0.39, 0.29) is 6.71 Å². The number of hydrogen-bond donors (Lipinski definition) is 0. The fourth-order valence-corrected chi connectivity index (χ4v) is 8.89. The van der Waals surface area contributed by atoms with Gasteiger partial charge in [-0.3, -0.25) is 0 Å². The van der Waals surface area contributed by atoms with Crippen LogP contribution in [0.15, 0.2) is 182 Å². The van der Waals surface area contributed by atoms with Crippen LogP contribution in [0.25, 0.3) is 77.2 Å². The van der Waals surface area contributed by atoms with Gasteiger partial charge in [-0.15, -0.1) is 0 Å². The lowest BCUT2D eigenvalue weighted by atomic mass is 9.35. The van der Waals surface area contributed by atoms with E-state index in [0.717, 1.165) is 0 Å². The van der Waals surface area contributed by atoms with Gasteiger partial charge in [0.2, 0.25) is 6.71 Å². The van der Waals surface area contributed by atoms with Crippen LogP contribution in [0.5, 0.6) is 0 Å². The van der Waals surface area contributed by atoms with Gasteiger partial charge in [0.05, 0.1) is 27.8 Å². The molecule has 0 saturated carbocycles. The highest BCUT2D eigenvalue weighted by molar-refractivity contribution is 6.98. The minimum absolute atomic E-state index is 0.126. The maximum absolute atomic E-state index is 2.53. The van der Waals surface area contributed by atoms with Crippen LogP contribution < -0.4 is 16.4 Å². The Morgan fingerprint density at radius 3 is 1.83 bits per heavy atom. The second-order valence-electron chi connectivity index (χ2n) is 14.2. The molecular formula is C49H33BN2. The van der Waals surface area contributed by atoms with Gasteiger partial charge < -0.3 is 9.13 Å². The molecule has 0 N–H and O–H groups in total. The zero-order valence-electron chi connectivity index (χ0n) is 28.8. The van der Waals surface area contributed by atoms with E-state index < -0.39 is 0 Å². The van der Waals surface area contributed by atoms with Crippen LogP contribution in [0, 0.1) is 6.92 Å². The Morgan fingerprint density at radius 1 is 0.385 bits per heavy atom. The zero-order valence-corrected chi connectivity index (χ0v) is 28.8. The first kappa shape index (κ1) is 29.2. The number of aryl methyl sites for hydroxylation is 1. The van der Waals surface area contributed by atoms with Gasteiger partial charge in [-0.1, -0.05) is 157 Å². The Hall–Kier alpha value is -6.58. The lowest BCUT2D eigenvalue weighted by molar-refractivity contribution is 1.18. The lowest BCUT2D eigenvalue weighted by Gasteiger charge is -2.27. The summed E-state index contributed by atoms with van der Waals surface area (Å²) in [5.41, 5.74) is 17.6. The van der Waals surface area contributed by atoms with E-state index in [1.165, 1.54) is 99.2 Å². The monoisotopic (exact) mass is 660 g/mol. The fraction of sp³-hybridized carbons (Fsp3) is 0.0204. The number of benzene rings is 8. The molecule has 0 fully saturated rings. The smallest absolute Gasteiger partial charge is 0.246 e. The molecule has 0 spiro atoms. The minimum atomic E-state index is 0.126. The standard InChI is InChI=1S/C49H33BN2/c1-32-20-24-37(25-21-32)50-41-17-9-11-19-45(41)52-43-18-10-8-16-39(43)48-46(29-27-42(50)49(48)52)51-44-28-23-35(33-12-4-2-5-13-33)30-40(44)38-26-22-36(31-47(38)51)34-14-6-3-7-15-34/h2-31H,1H3. The number of para-hydroxylation sites is 2. The van der Waals surface area contributed by atoms with Gasteiger partial charge in [-0.05, 0) is 76.5 Å². The molecule has 0 aliphatic carbocycles. The molecule has 0 bridgehead atoms. The summed E-state index contributed by atoms with van der Waals surface area (Å²) in [6.07, 6.45) is 0. The molecule has 1 aliphatic heterocycles. The Balaban J connectivity index is 1.27. The molecule has 242 valence electrons. The summed E-state index contributed by atoms with van der Waals surface area (Å²) < 4.78 is 5.06. The van der Waals surface area contributed by atoms with Gasteiger partial charge >= 0.3 is 0 Å². The summed E-state index contributed by atoms with van der Waals surface area (Å²) in [6, 6.07) is 67.4. The third kappa shape index (κ3) is 4.20. The molecule has 0 saturated heterocycles. The van der Waals surface area contributed by atoms with E-state index in [9.17, 15) is 0 Å². The van der Waals surface area contributed by atoms with E-state index in [2.05, 4.69) is 198 Å². The highest BCUT2D eigenvalue weighted by Crippen LogP contribution is 2.42. The molecule has 2 aromatic heterocycles. The van der Waals surface area contributed by atoms with Crippen LogP contribution in [0.3, 0.4) is 0 Å². The molecular weight excluding hydrogens is 627 g/mol. The fourth-order valence-electron chi connectivity index (χ4n) is 8.89. The van der Waals surface area contributed by atoms with Crippen LogP contribution in [0.1, 0.15) is 5.56 Å². The molecule has 8 aromatic carbocycles. The van der Waals surface area contributed by atoms with Gasteiger partial charge in [0.15, 0.2) is 0 Å². The van der Waals surface area contributed by atoms with Crippen LogP contribution in [-0.4, -0.2) is 15.8 Å². The second kappa shape index (κ2) is 11.2. The quantitative estimate of drug-likeness (QED) is 0.166. The predicted molar refractivity (Wildman–Crippen MR) is 222 cm³/mol. The third-order valence-electron chi connectivity index (χ3n) is 11.3. The Kier molecular flexibility index (Phi) is 6.29. The van der Waals surface area contributed by atoms with Crippen LogP contribution in [0.4, 0.5) is 0 Å². The number of nitrogens with zero attached hydrogens (tertiary/aromatic N) is 2. The van der Waals surface area contributed by atoms with Crippen molar-refractivity contribution >= 4 is 66.7 Å². The number of hydrogen-bond acceptors (Lipinski definition) is 0. The van der Waals surface area contributed by atoms with Gasteiger partial charge in [0.1, 0.15) is 0 Å². The first-order valence-electron chi connectivity index (χ1n) is 18.1. The molecule has 1 aliphatic rings. The second-order valence-corrected chi connectivity index (χ2v) is 14.2. The summed E-state index contributed by atoms with van der Waals surface area (Å²) in [5, 5.41) is 5.06. The summed E-state index contributed by atoms with van der Waals surface area (Å²) in [7, 11) is 0. The van der Waals surface area contributed by atoms with E-state index in [1.807, 2.05) is 0 Å². The van der Waals surface area contributed by atoms with Crippen molar-refractivity contribution in [1.82, 2.24) is 9.13 Å². The van der Waals surface area contributed by atoms with Crippen molar-refractivity contribution in [1.29, 1.82) is 0 Å². The summed E-state index contributed by atoms with van der Waals surface area (Å²) in [4.78, 5) is 0. The van der Waals surface area contributed by atoms with Crippen molar-refractivity contribution in [2.45, 2.75) is 6.92 Å². The molecule has 52 heavy (non-hydrogen) atoms. The third-order valence-corrected chi connectivity index (χ3v) is 11.3. The molecule has 11 rings (SSSR count). The number of aromatic nitrogens is 2. The largest absolute Gasteiger partial charge is 0.310 e. The maximum atomic E-state index is 2.53. The molecule has 0 amide bonds. The van der Waals surface area contributed by atoms with Crippen molar-refractivity contribution < 1.29 is 0 Å². The normalized spacial score (nSPS) is 12.3. The number of fused-ring (bicyclic) bond motifs is 8. The van der Waals surface area contributed by atoms with E-state index in [4.69, 9.17) is 0 Å². The summed E-state index contributed by atoms with van der Waals surface area (Å²) in [6.45, 7) is 2.29. The summed E-state index contributed by atoms with van der Waals surface area (Å²) in [5.74, 6) is 0. The van der Waals surface area contributed by atoms with E-state index in [1.54, 1.807) is 0 Å². The van der Waals surface area contributed by atoms with Crippen LogP contribution in [-0.2, 0) is 0 Å². The SMILES string of the molecule is Cc1ccc(B2c3ccccc3-n3c4ccccc4c4c(-n5c6ccc(-c7ccccc7)cc6c6ccc(-c7ccccc7)cc65)ccc2c43)cc1.